The summed E-state index contributed by atoms with van der Waals surface area (Å²) < 4.78 is 17.2. The van der Waals surface area contributed by atoms with Crippen molar-refractivity contribution in [2.24, 2.45) is 11.7 Å². The number of aryl methyl sites for hydroxylation is 1. The standard InChI is InChI=1S/C30H43N3O6/c1-6-7-13-32(14-12-31)28(34)18-33-17-23(22-15-20(2)21(3)27(16-22)38-5)29(30(35)36)24(33)19-39-26-11-9-8-10-25(26)37-4/h8-11,15-16,23-24,29H,6-7,12-14,17-19,31H2,1-5H3,(H,35,36)/t23-,24+,29-/m1/s1. The van der Waals surface area contributed by atoms with E-state index in [1.165, 1.54) is 0 Å². The highest BCUT2D eigenvalue weighted by Crippen LogP contribution is 2.40. The van der Waals surface area contributed by atoms with E-state index in [2.05, 4.69) is 6.92 Å². The van der Waals surface area contributed by atoms with Crippen molar-refractivity contribution in [3.8, 4) is 17.2 Å². The van der Waals surface area contributed by atoms with E-state index >= 15 is 0 Å². The molecule has 0 unspecified atom stereocenters. The fourth-order valence-electron chi connectivity index (χ4n) is 5.37. The molecule has 1 aliphatic rings. The summed E-state index contributed by atoms with van der Waals surface area (Å²) in [5.41, 5.74) is 8.72. The first-order chi connectivity index (χ1) is 18.7. The van der Waals surface area contributed by atoms with Crippen molar-refractivity contribution in [1.82, 2.24) is 9.80 Å². The van der Waals surface area contributed by atoms with Gasteiger partial charge in [-0.15, -0.1) is 0 Å². The summed E-state index contributed by atoms with van der Waals surface area (Å²) in [6.45, 7) is 8.11. The molecule has 9 heteroatoms. The molecule has 1 fully saturated rings. The van der Waals surface area contributed by atoms with Gasteiger partial charge in [0.25, 0.3) is 0 Å². The lowest BCUT2D eigenvalue weighted by Crippen LogP contribution is -2.47. The Morgan fingerprint density at radius 2 is 1.77 bits per heavy atom. The molecule has 214 valence electrons. The number of carbonyl (C=O) groups is 2. The van der Waals surface area contributed by atoms with Gasteiger partial charge in [0.1, 0.15) is 12.4 Å². The lowest BCUT2D eigenvalue weighted by molar-refractivity contribution is -0.144. The number of ether oxygens (including phenoxy) is 3. The second kappa shape index (κ2) is 14.2. The molecule has 0 aromatic heterocycles. The third kappa shape index (κ3) is 7.22. The Morgan fingerprint density at radius 1 is 1.08 bits per heavy atom. The molecular weight excluding hydrogens is 498 g/mol. The van der Waals surface area contributed by atoms with E-state index in [1.807, 2.05) is 43.0 Å². The summed E-state index contributed by atoms with van der Waals surface area (Å²) in [5, 5.41) is 10.5. The predicted octanol–water partition coefficient (Wildman–Crippen LogP) is 3.46. The predicted molar refractivity (Wildman–Crippen MR) is 151 cm³/mol. The maximum atomic E-state index is 13.4. The Morgan fingerprint density at radius 3 is 2.38 bits per heavy atom. The summed E-state index contributed by atoms with van der Waals surface area (Å²) in [6, 6.07) is 10.7. The molecule has 3 N–H and O–H groups in total. The maximum absolute atomic E-state index is 13.4. The number of amides is 1. The lowest BCUT2D eigenvalue weighted by Gasteiger charge is -2.29. The van der Waals surface area contributed by atoms with Crippen LogP contribution in [-0.2, 0) is 9.59 Å². The SMILES string of the molecule is CCCCN(CCN)C(=O)CN1C[C@H](c2cc(C)c(C)c(OC)c2)[C@@H](C(=O)O)[C@@H]1COc1ccccc1OC. The molecule has 39 heavy (non-hydrogen) atoms. The zero-order valence-corrected chi connectivity index (χ0v) is 23.8. The third-order valence-electron chi connectivity index (χ3n) is 7.67. The number of para-hydroxylation sites is 2. The molecule has 0 aliphatic carbocycles. The van der Waals surface area contributed by atoms with Crippen LogP contribution in [0.1, 0.15) is 42.4 Å². The molecule has 0 spiro atoms. The molecule has 2 aromatic rings. The molecule has 0 bridgehead atoms. The van der Waals surface area contributed by atoms with Gasteiger partial charge in [0.05, 0.1) is 32.7 Å². The van der Waals surface area contributed by atoms with Gasteiger partial charge in [0, 0.05) is 32.1 Å². The van der Waals surface area contributed by atoms with Crippen molar-refractivity contribution in [3.05, 3.63) is 53.1 Å². The van der Waals surface area contributed by atoms with Crippen LogP contribution in [0.4, 0.5) is 0 Å². The minimum absolute atomic E-state index is 0.0568. The Bertz CT molecular complexity index is 1120. The molecule has 1 amide bonds. The minimum atomic E-state index is -0.925. The van der Waals surface area contributed by atoms with E-state index in [9.17, 15) is 14.7 Å². The van der Waals surface area contributed by atoms with Gasteiger partial charge in [-0.3, -0.25) is 14.5 Å². The second-order valence-electron chi connectivity index (χ2n) is 10.1. The van der Waals surface area contributed by atoms with Crippen LogP contribution in [0.15, 0.2) is 36.4 Å². The molecule has 9 nitrogen and oxygen atoms in total. The average molecular weight is 542 g/mol. The van der Waals surface area contributed by atoms with Crippen molar-refractivity contribution < 1.29 is 28.9 Å². The maximum Gasteiger partial charge on any atom is 0.308 e. The highest BCUT2D eigenvalue weighted by molar-refractivity contribution is 5.79. The lowest BCUT2D eigenvalue weighted by atomic mass is 9.84. The van der Waals surface area contributed by atoms with Crippen LogP contribution in [0.3, 0.4) is 0 Å². The molecule has 1 aliphatic heterocycles. The van der Waals surface area contributed by atoms with Gasteiger partial charge in [-0.2, -0.15) is 0 Å². The topological polar surface area (TPSA) is 115 Å². The number of carbonyl (C=O) groups excluding carboxylic acids is 1. The number of aliphatic carboxylic acids is 1. The van der Waals surface area contributed by atoms with Gasteiger partial charge in [-0.05, 0) is 55.2 Å². The van der Waals surface area contributed by atoms with Gasteiger partial charge in [-0.25, -0.2) is 0 Å². The molecule has 0 saturated carbocycles. The van der Waals surface area contributed by atoms with E-state index in [0.717, 1.165) is 35.3 Å². The first-order valence-electron chi connectivity index (χ1n) is 13.6. The monoisotopic (exact) mass is 541 g/mol. The number of likely N-dealkylation sites (tertiary alicyclic amines) is 1. The Kier molecular flexibility index (Phi) is 11.0. The molecule has 1 heterocycles. The van der Waals surface area contributed by atoms with Crippen LogP contribution < -0.4 is 19.9 Å². The highest BCUT2D eigenvalue weighted by atomic mass is 16.5. The number of hydrogen-bond acceptors (Lipinski definition) is 7. The number of unbranched alkanes of at least 4 members (excludes halogenated alkanes) is 1. The van der Waals surface area contributed by atoms with Crippen LogP contribution in [0.5, 0.6) is 17.2 Å². The Labute approximate surface area is 231 Å². The van der Waals surface area contributed by atoms with Gasteiger partial charge in [-0.1, -0.05) is 31.5 Å². The highest BCUT2D eigenvalue weighted by Gasteiger charge is 2.48. The number of benzene rings is 2. The first-order valence-corrected chi connectivity index (χ1v) is 13.6. The van der Waals surface area contributed by atoms with E-state index < -0.39 is 17.9 Å². The van der Waals surface area contributed by atoms with Gasteiger partial charge < -0.3 is 30.0 Å². The van der Waals surface area contributed by atoms with E-state index in [1.54, 1.807) is 31.3 Å². The third-order valence-corrected chi connectivity index (χ3v) is 7.67. The zero-order chi connectivity index (χ0) is 28.5. The average Bonchev–Trinajstić information content (AvgIpc) is 3.29. The van der Waals surface area contributed by atoms with E-state index in [-0.39, 0.29) is 25.0 Å². The number of hydrogen-bond donors (Lipinski definition) is 2. The molecule has 3 rings (SSSR count). The Hall–Kier alpha value is -3.30. The number of methoxy groups -OCH3 is 2. The molecule has 1 saturated heterocycles. The summed E-state index contributed by atoms with van der Waals surface area (Å²) in [5.74, 6) is -0.316. The van der Waals surface area contributed by atoms with Crippen molar-refractivity contribution in [3.63, 3.8) is 0 Å². The fourth-order valence-corrected chi connectivity index (χ4v) is 5.37. The number of carboxylic acids is 1. The van der Waals surface area contributed by atoms with Gasteiger partial charge in [0.2, 0.25) is 5.91 Å². The van der Waals surface area contributed by atoms with Crippen molar-refractivity contribution >= 4 is 11.9 Å². The van der Waals surface area contributed by atoms with Gasteiger partial charge >= 0.3 is 5.97 Å². The van der Waals surface area contributed by atoms with Crippen LogP contribution >= 0.6 is 0 Å². The number of nitrogens with zero attached hydrogens (tertiary/aromatic N) is 2. The quantitative estimate of drug-likeness (QED) is 0.374. The normalized spacial score (nSPS) is 19.1. The Balaban J connectivity index is 1.97. The minimum Gasteiger partial charge on any atom is -0.496 e. The first kappa shape index (κ1) is 30.2. The van der Waals surface area contributed by atoms with Crippen molar-refractivity contribution in [2.45, 2.75) is 45.6 Å². The molecule has 3 atom stereocenters. The van der Waals surface area contributed by atoms with E-state index in [4.69, 9.17) is 19.9 Å². The summed E-state index contributed by atoms with van der Waals surface area (Å²) >= 11 is 0. The fraction of sp³-hybridized carbons (Fsp3) is 0.533. The zero-order valence-electron chi connectivity index (χ0n) is 23.8. The summed E-state index contributed by atoms with van der Waals surface area (Å²) in [4.78, 5) is 30.0. The van der Waals surface area contributed by atoms with Crippen molar-refractivity contribution in [2.75, 3.05) is 53.6 Å². The number of nitrogens with two attached hydrogens (primary N) is 1. The summed E-state index contributed by atoms with van der Waals surface area (Å²) in [6.07, 6.45) is 1.85. The molecular formula is C30H43N3O6. The van der Waals surface area contributed by atoms with Crippen LogP contribution in [-0.4, -0.2) is 86.4 Å². The summed E-state index contributed by atoms with van der Waals surface area (Å²) in [7, 11) is 3.18. The van der Waals surface area contributed by atoms with Crippen LogP contribution in [0.2, 0.25) is 0 Å². The molecule has 2 aromatic carbocycles. The largest absolute Gasteiger partial charge is 0.496 e. The molecule has 0 radical (unpaired) electrons. The second-order valence-corrected chi connectivity index (χ2v) is 10.1. The van der Waals surface area contributed by atoms with Crippen LogP contribution in [0, 0.1) is 19.8 Å². The van der Waals surface area contributed by atoms with E-state index in [0.29, 0.717) is 37.7 Å². The smallest absolute Gasteiger partial charge is 0.308 e. The number of rotatable bonds is 14. The van der Waals surface area contributed by atoms with Crippen LogP contribution in [0.25, 0.3) is 0 Å². The van der Waals surface area contributed by atoms with Crippen molar-refractivity contribution in [1.29, 1.82) is 0 Å². The number of carboxylic acid groups (broad SMARTS) is 1. The van der Waals surface area contributed by atoms with Gasteiger partial charge in [0.15, 0.2) is 11.5 Å².